The van der Waals surface area contributed by atoms with Crippen LogP contribution in [0, 0.1) is 0 Å². The molecule has 0 spiro atoms. The van der Waals surface area contributed by atoms with Gasteiger partial charge in [0.1, 0.15) is 5.84 Å². The lowest BCUT2D eigenvalue weighted by atomic mass is 10.2. The second-order valence-electron chi connectivity index (χ2n) is 3.62. The molecule has 0 saturated heterocycles. The van der Waals surface area contributed by atoms with Crippen molar-refractivity contribution in [3.05, 3.63) is 72.3 Å². The summed E-state index contributed by atoms with van der Waals surface area (Å²) in [5.41, 5.74) is 7.79. The predicted octanol–water partition coefficient (Wildman–Crippen LogP) is 3.39. The summed E-state index contributed by atoms with van der Waals surface area (Å²) in [5, 5.41) is 0. The number of nitrogens with two attached hydrogens (primary N) is 1. The van der Waals surface area contributed by atoms with E-state index in [1.54, 1.807) is 0 Å². The van der Waals surface area contributed by atoms with Crippen LogP contribution in [0.2, 0.25) is 0 Å². The van der Waals surface area contributed by atoms with Gasteiger partial charge in [-0.2, -0.15) is 0 Å². The molecule has 0 bridgehead atoms. The fraction of sp³-hybridized carbons (Fsp3) is 0. The molecule has 2 aromatic carbocycles. The fourth-order valence-electron chi connectivity index (χ4n) is 1.43. The Kier molecular flexibility index (Phi) is 3.71. The minimum Gasteiger partial charge on any atom is -0.384 e. The smallest absolute Gasteiger partial charge is 0.124 e. The van der Waals surface area contributed by atoms with Crippen molar-refractivity contribution in [3.63, 3.8) is 0 Å². The van der Waals surface area contributed by atoms with E-state index in [0.717, 1.165) is 11.3 Å². The van der Waals surface area contributed by atoms with E-state index in [0.29, 0.717) is 5.84 Å². The largest absolute Gasteiger partial charge is 0.384 e. The van der Waals surface area contributed by atoms with Crippen molar-refractivity contribution >= 4 is 17.6 Å². The Bertz CT molecular complexity index is 513. The SMILES string of the molecule is NC(C=Cc1ccccc1)=Nc1ccccc1. The number of benzene rings is 2. The Hall–Kier alpha value is -2.35. The molecular weight excluding hydrogens is 208 g/mol. The first-order chi connectivity index (χ1) is 8.34. The van der Waals surface area contributed by atoms with Crippen LogP contribution in [-0.4, -0.2) is 5.84 Å². The average Bonchev–Trinajstić information content (AvgIpc) is 2.39. The van der Waals surface area contributed by atoms with E-state index >= 15 is 0 Å². The van der Waals surface area contributed by atoms with Crippen LogP contribution < -0.4 is 5.73 Å². The first-order valence-electron chi connectivity index (χ1n) is 5.47. The van der Waals surface area contributed by atoms with Crippen LogP contribution in [0.3, 0.4) is 0 Å². The Labute approximate surface area is 101 Å². The number of rotatable bonds is 3. The van der Waals surface area contributed by atoms with E-state index in [-0.39, 0.29) is 0 Å². The Morgan fingerprint density at radius 1 is 0.882 bits per heavy atom. The molecule has 0 aliphatic heterocycles. The number of para-hydroxylation sites is 1. The van der Waals surface area contributed by atoms with Gasteiger partial charge < -0.3 is 5.73 Å². The maximum Gasteiger partial charge on any atom is 0.124 e. The molecule has 0 aliphatic rings. The Balaban J connectivity index is 2.09. The molecule has 0 heterocycles. The minimum absolute atomic E-state index is 0.500. The summed E-state index contributed by atoms with van der Waals surface area (Å²) >= 11 is 0. The van der Waals surface area contributed by atoms with Gasteiger partial charge in [-0.15, -0.1) is 0 Å². The molecule has 2 aromatic rings. The fourth-order valence-corrected chi connectivity index (χ4v) is 1.43. The summed E-state index contributed by atoms with van der Waals surface area (Å²) in [6, 6.07) is 19.7. The monoisotopic (exact) mass is 222 g/mol. The highest BCUT2D eigenvalue weighted by molar-refractivity contribution is 5.96. The Morgan fingerprint density at radius 2 is 1.47 bits per heavy atom. The molecule has 17 heavy (non-hydrogen) atoms. The van der Waals surface area contributed by atoms with Gasteiger partial charge >= 0.3 is 0 Å². The van der Waals surface area contributed by atoms with Gasteiger partial charge in [-0.3, -0.25) is 0 Å². The van der Waals surface area contributed by atoms with Crippen molar-refractivity contribution in [1.29, 1.82) is 0 Å². The quantitative estimate of drug-likeness (QED) is 0.627. The maximum atomic E-state index is 5.82. The summed E-state index contributed by atoms with van der Waals surface area (Å²) in [6.07, 6.45) is 3.75. The second kappa shape index (κ2) is 5.66. The van der Waals surface area contributed by atoms with Crippen molar-refractivity contribution in [2.45, 2.75) is 0 Å². The van der Waals surface area contributed by atoms with Crippen LogP contribution in [0.25, 0.3) is 6.08 Å². The van der Waals surface area contributed by atoms with E-state index in [9.17, 15) is 0 Å². The zero-order valence-corrected chi connectivity index (χ0v) is 9.45. The number of hydrogen-bond acceptors (Lipinski definition) is 1. The highest BCUT2D eigenvalue weighted by atomic mass is 14.8. The van der Waals surface area contributed by atoms with Gasteiger partial charge in [0.15, 0.2) is 0 Å². The van der Waals surface area contributed by atoms with E-state index in [2.05, 4.69) is 4.99 Å². The lowest BCUT2D eigenvalue weighted by Crippen LogP contribution is -2.06. The maximum absolute atomic E-state index is 5.82. The lowest BCUT2D eigenvalue weighted by Gasteiger charge is -1.95. The van der Waals surface area contributed by atoms with Crippen molar-refractivity contribution < 1.29 is 0 Å². The third kappa shape index (κ3) is 3.61. The number of nitrogens with zero attached hydrogens (tertiary/aromatic N) is 1. The molecule has 0 aromatic heterocycles. The first-order valence-corrected chi connectivity index (χ1v) is 5.47. The molecule has 0 saturated carbocycles. The second-order valence-corrected chi connectivity index (χ2v) is 3.62. The summed E-state index contributed by atoms with van der Waals surface area (Å²) < 4.78 is 0. The summed E-state index contributed by atoms with van der Waals surface area (Å²) in [4.78, 5) is 4.28. The van der Waals surface area contributed by atoms with Crippen molar-refractivity contribution in [2.24, 2.45) is 10.7 Å². The molecule has 0 aliphatic carbocycles. The number of amidine groups is 1. The normalized spacial score (nSPS) is 11.9. The first kappa shape index (κ1) is 11.1. The molecule has 2 nitrogen and oxygen atoms in total. The highest BCUT2D eigenvalue weighted by Gasteiger charge is 1.88. The van der Waals surface area contributed by atoms with E-state index in [1.807, 2.05) is 72.8 Å². The minimum atomic E-state index is 0.500. The zero-order valence-electron chi connectivity index (χ0n) is 9.45. The van der Waals surface area contributed by atoms with Crippen LogP contribution >= 0.6 is 0 Å². The van der Waals surface area contributed by atoms with E-state index in [4.69, 9.17) is 5.73 Å². The van der Waals surface area contributed by atoms with E-state index in [1.165, 1.54) is 0 Å². The molecule has 0 amide bonds. The standard InChI is InChI=1S/C15H14N2/c16-15(17-14-9-5-2-6-10-14)12-11-13-7-3-1-4-8-13/h1-12H,(H2,16,17). The van der Waals surface area contributed by atoms with Gasteiger partial charge in [0.05, 0.1) is 5.69 Å². The number of aliphatic imine (C=N–C) groups is 1. The van der Waals surface area contributed by atoms with Gasteiger partial charge in [0.2, 0.25) is 0 Å². The zero-order chi connectivity index (χ0) is 11.9. The molecule has 84 valence electrons. The van der Waals surface area contributed by atoms with Crippen LogP contribution in [-0.2, 0) is 0 Å². The molecule has 2 N–H and O–H groups in total. The van der Waals surface area contributed by atoms with Crippen LogP contribution in [0.15, 0.2) is 71.7 Å². The third-order valence-corrected chi connectivity index (χ3v) is 2.26. The average molecular weight is 222 g/mol. The van der Waals surface area contributed by atoms with E-state index < -0.39 is 0 Å². The van der Waals surface area contributed by atoms with Crippen LogP contribution in [0.4, 0.5) is 5.69 Å². The predicted molar refractivity (Wildman–Crippen MR) is 73.2 cm³/mol. The third-order valence-electron chi connectivity index (χ3n) is 2.26. The van der Waals surface area contributed by atoms with Gasteiger partial charge in [-0.1, -0.05) is 54.6 Å². The van der Waals surface area contributed by atoms with Crippen molar-refractivity contribution in [1.82, 2.24) is 0 Å². The highest BCUT2D eigenvalue weighted by Crippen LogP contribution is 2.09. The molecular formula is C15H14N2. The molecule has 0 radical (unpaired) electrons. The van der Waals surface area contributed by atoms with Gasteiger partial charge in [-0.05, 0) is 23.8 Å². The summed E-state index contributed by atoms with van der Waals surface area (Å²) in [6.45, 7) is 0. The molecule has 2 heteroatoms. The summed E-state index contributed by atoms with van der Waals surface area (Å²) in [5.74, 6) is 0.500. The van der Waals surface area contributed by atoms with Gasteiger partial charge in [0, 0.05) is 0 Å². The van der Waals surface area contributed by atoms with Crippen LogP contribution in [0.1, 0.15) is 5.56 Å². The van der Waals surface area contributed by atoms with Gasteiger partial charge in [0.25, 0.3) is 0 Å². The lowest BCUT2D eigenvalue weighted by molar-refractivity contribution is 1.48. The molecule has 2 rings (SSSR count). The molecule has 0 unspecified atom stereocenters. The van der Waals surface area contributed by atoms with Gasteiger partial charge in [-0.25, -0.2) is 4.99 Å². The van der Waals surface area contributed by atoms with Crippen molar-refractivity contribution in [2.75, 3.05) is 0 Å². The topological polar surface area (TPSA) is 38.4 Å². The van der Waals surface area contributed by atoms with Crippen LogP contribution in [0.5, 0.6) is 0 Å². The number of hydrogen-bond donors (Lipinski definition) is 1. The molecule has 0 fully saturated rings. The molecule has 0 atom stereocenters. The Morgan fingerprint density at radius 3 is 2.12 bits per heavy atom. The summed E-state index contributed by atoms with van der Waals surface area (Å²) in [7, 11) is 0. The van der Waals surface area contributed by atoms with Crippen molar-refractivity contribution in [3.8, 4) is 0 Å².